The SMILES string of the molecule is NS(=O)(=O)c1cccc(-c2ccc3[nH]c(=O)[nH]c3c2)c1C1=NCN=N1. The van der Waals surface area contributed by atoms with Gasteiger partial charge in [-0.2, -0.15) is 5.11 Å². The van der Waals surface area contributed by atoms with E-state index in [2.05, 4.69) is 25.2 Å². The zero-order valence-electron chi connectivity index (χ0n) is 12.7. The molecule has 2 aromatic carbocycles. The lowest BCUT2D eigenvalue weighted by Gasteiger charge is -2.12. The van der Waals surface area contributed by atoms with Crippen molar-refractivity contribution in [2.45, 2.75) is 4.90 Å². The number of aromatic nitrogens is 2. The summed E-state index contributed by atoms with van der Waals surface area (Å²) in [5.41, 5.74) is 2.49. The Labute approximate surface area is 141 Å². The molecule has 3 aromatic rings. The van der Waals surface area contributed by atoms with E-state index >= 15 is 0 Å². The number of hydrogen-bond acceptors (Lipinski definition) is 6. The number of nitrogens with zero attached hydrogens (tertiary/aromatic N) is 3. The van der Waals surface area contributed by atoms with Crippen LogP contribution < -0.4 is 10.8 Å². The van der Waals surface area contributed by atoms with Gasteiger partial charge in [0.05, 0.1) is 15.9 Å². The minimum Gasteiger partial charge on any atom is -0.306 e. The number of amidine groups is 1. The van der Waals surface area contributed by atoms with Gasteiger partial charge in [0.25, 0.3) is 0 Å². The van der Waals surface area contributed by atoms with Crippen molar-refractivity contribution in [2.24, 2.45) is 20.4 Å². The van der Waals surface area contributed by atoms with E-state index in [-0.39, 0.29) is 23.1 Å². The molecule has 4 rings (SSSR count). The molecule has 0 saturated carbocycles. The highest BCUT2D eigenvalue weighted by Gasteiger charge is 2.23. The first-order chi connectivity index (χ1) is 11.9. The fourth-order valence-electron chi connectivity index (χ4n) is 2.80. The van der Waals surface area contributed by atoms with Crippen LogP contribution in [-0.2, 0) is 10.0 Å². The summed E-state index contributed by atoms with van der Waals surface area (Å²) in [4.78, 5) is 20.8. The van der Waals surface area contributed by atoms with Crippen molar-refractivity contribution in [1.29, 1.82) is 0 Å². The first-order valence-electron chi connectivity index (χ1n) is 7.24. The second-order valence-electron chi connectivity index (χ2n) is 5.43. The summed E-state index contributed by atoms with van der Waals surface area (Å²) in [5.74, 6) is 0.210. The van der Waals surface area contributed by atoms with Crippen LogP contribution in [0, 0.1) is 0 Å². The molecule has 0 spiro atoms. The average Bonchev–Trinajstić information content (AvgIpc) is 3.20. The first kappa shape index (κ1) is 15.4. The van der Waals surface area contributed by atoms with Gasteiger partial charge in [-0.3, -0.25) is 0 Å². The smallest absolute Gasteiger partial charge is 0.306 e. The van der Waals surface area contributed by atoms with Crippen LogP contribution >= 0.6 is 0 Å². The molecule has 0 fully saturated rings. The van der Waals surface area contributed by atoms with Crippen LogP contribution in [0.4, 0.5) is 0 Å². The number of rotatable bonds is 3. The zero-order chi connectivity index (χ0) is 17.6. The maximum Gasteiger partial charge on any atom is 0.323 e. The van der Waals surface area contributed by atoms with Crippen molar-refractivity contribution in [1.82, 2.24) is 9.97 Å². The fraction of sp³-hybridized carbons (Fsp3) is 0.0667. The number of fused-ring (bicyclic) bond motifs is 1. The van der Waals surface area contributed by atoms with Gasteiger partial charge in [-0.25, -0.2) is 23.3 Å². The Morgan fingerprint density at radius 2 is 1.88 bits per heavy atom. The number of benzene rings is 2. The van der Waals surface area contributed by atoms with Crippen molar-refractivity contribution in [2.75, 3.05) is 6.67 Å². The number of imidazole rings is 1. The minimum absolute atomic E-state index is 0.0766. The topological polar surface area (TPSA) is 146 Å². The maximum atomic E-state index is 12.0. The number of hydrogen-bond donors (Lipinski definition) is 3. The maximum absolute atomic E-state index is 12.0. The summed E-state index contributed by atoms with van der Waals surface area (Å²) in [6.07, 6.45) is 0. The van der Waals surface area contributed by atoms with Crippen LogP contribution in [-0.4, -0.2) is 30.9 Å². The molecule has 126 valence electrons. The molecule has 1 aromatic heterocycles. The number of aromatic amines is 2. The molecule has 9 nitrogen and oxygen atoms in total. The van der Waals surface area contributed by atoms with Crippen LogP contribution in [0.25, 0.3) is 22.2 Å². The molecule has 25 heavy (non-hydrogen) atoms. The van der Waals surface area contributed by atoms with Crippen molar-refractivity contribution < 1.29 is 8.42 Å². The van der Waals surface area contributed by atoms with E-state index in [1.54, 1.807) is 30.3 Å². The molecule has 2 heterocycles. The number of aliphatic imine (C=N–C) groups is 1. The standard InChI is InChI=1S/C15H12N6O3S/c16-25(23,24)12-3-1-2-9(13(12)14-17-7-18-21-14)8-4-5-10-11(6-8)20-15(22)19-10/h1-6H,7H2,(H2,16,23,24)(H2,19,20,22). The quantitative estimate of drug-likeness (QED) is 0.650. The van der Waals surface area contributed by atoms with Gasteiger partial charge in [0.2, 0.25) is 10.0 Å². The predicted octanol–water partition coefficient (Wildman–Crippen LogP) is 1.34. The fourth-order valence-corrected chi connectivity index (χ4v) is 3.55. The van der Waals surface area contributed by atoms with Gasteiger partial charge in [0, 0.05) is 5.56 Å². The van der Waals surface area contributed by atoms with E-state index in [0.29, 0.717) is 27.7 Å². The Bertz CT molecular complexity index is 1220. The Morgan fingerprint density at radius 1 is 1.08 bits per heavy atom. The monoisotopic (exact) mass is 356 g/mol. The third kappa shape index (κ3) is 2.66. The van der Waals surface area contributed by atoms with E-state index in [1.165, 1.54) is 6.07 Å². The Kier molecular flexibility index (Phi) is 3.37. The third-order valence-corrected chi connectivity index (χ3v) is 4.79. The second-order valence-corrected chi connectivity index (χ2v) is 6.96. The molecular formula is C15H12N6O3S. The lowest BCUT2D eigenvalue weighted by Crippen LogP contribution is -2.17. The molecular weight excluding hydrogens is 344 g/mol. The molecule has 10 heteroatoms. The van der Waals surface area contributed by atoms with Gasteiger partial charge < -0.3 is 9.97 Å². The van der Waals surface area contributed by atoms with E-state index in [0.717, 1.165) is 0 Å². The highest BCUT2D eigenvalue weighted by atomic mass is 32.2. The summed E-state index contributed by atoms with van der Waals surface area (Å²) in [5, 5.41) is 13.1. The molecule has 0 atom stereocenters. The molecule has 0 bridgehead atoms. The highest BCUT2D eigenvalue weighted by molar-refractivity contribution is 7.89. The van der Waals surface area contributed by atoms with Crippen molar-refractivity contribution >= 4 is 26.9 Å². The number of sulfonamides is 1. The number of primary sulfonamides is 1. The number of nitrogens with one attached hydrogen (secondary N) is 2. The van der Waals surface area contributed by atoms with Crippen LogP contribution in [0.15, 0.2) is 61.3 Å². The van der Waals surface area contributed by atoms with Crippen LogP contribution in [0.5, 0.6) is 0 Å². The van der Waals surface area contributed by atoms with E-state index in [1.807, 2.05) is 0 Å². The van der Waals surface area contributed by atoms with Crippen molar-refractivity contribution in [3.8, 4) is 11.1 Å². The van der Waals surface area contributed by atoms with Crippen LogP contribution in [0.2, 0.25) is 0 Å². The summed E-state index contributed by atoms with van der Waals surface area (Å²) in [6, 6.07) is 9.98. The van der Waals surface area contributed by atoms with Crippen LogP contribution in [0.1, 0.15) is 5.56 Å². The van der Waals surface area contributed by atoms with Gasteiger partial charge in [-0.1, -0.05) is 18.2 Å². The number of H-pyrrole nitrogens is 2. The summed E-state index contributed by atoms with van der Waals surface area (Å²) < 4.78 is 24.0. The Hall–Kier alpha value is -3.11. The van der Waals surface area contributed by atoms with Gasteiger partial charge in [-0.05, 0) is 29.3 Å². The molecule has 0 aliphatic carbocycles. The third-order valence-electron chi connectivity index (χ3n) is 3.83. The normalized spacial score (nSPS) is 14.2. The Morgan fingerprint density at radius 3 is 2.60 bits per heavy atom. The van der Waals surface area contributed by atoms with Gasteiger partial charge in [0.15, 0.2) is 12.5 Å². The number of azo groups is 1. The molecule has 0 radical (unpaired) electrons. The molecule has 0 amide bonds. The van der Waals surface area contributed by atoms with Crippen molar-refractivity contribution in [3.05, 3.63) is 52.4 Å². The van der Waals surface area contributed by atoms with E-state index < -0.39 is 10.0 Å². The van der Waals surface area contributed by atoms with Crippen LogP contribution in [0.3, 0.4) is 0 Å². The highest BCUT2D eigenvalue weighted by Crippen LogP contribution is 2.31. The van der Waals surface area contributed by atoms with E-state index in [9.17, 15) is 13.2 Å². The average molecular weight is 356 g/mol. The molecule has 1 aliphatic rings. The van der Waals surface area contributed by atoms with Crippen molar-refractivity contribution in [3.63, 3.8) is 0 Å². The zero-order valence-corrected chi connectivity index (χ0v) is 13.5. The molecule has 0 saturated heterocycles. The summed E-state index contributed by atoms with van der Waals surface area (Å²) >= 11 is 0. The van der Waals surface area contributed by atoms with Gasteiger partial charge in [-0.15, -0.1) is 5.11 Å². The van der Waals surface area contributed by atoms with E-state index in [4.69, 9.17) is 5.14 Å². The molecule has 4 N–H and O–H groups in total. The Balaban J connectivity index is 2.03. The molecule has 0 unspecified atom stereocenters. The molecule has 1 aliphatic heterocycles. The minimum atomic E-state index is -3.99. The van der Waals surface area contributed by atoms with Gasteiger partial charge in [0.1, 0.15) is 0 Å². The number of nitrogens with two attached hydrogens (primary N) is 1. The second kappa shape index (κ2) is 5.46. The largest absolute Gasteiger partial charge is 0.323 e. The predicted molar refractivity (Wildman–Crippen MR) is 92.0 cm³/mol. The summed E-state index contributed by atoms with van der Waals surface area (Å²) in [7, 11) is -3.99. The summed E-state index contributed by atoms with van der Waals surface area (Å²) in [6.45, 7) is 0.137. The first-order valence-corrected chi connectivity index (χ1v) is 8.79. The lowest BCUT2D eigenvalue weighted by atomic mass is 9.98. The van der Waals surface area contributed by atoms with Gasteiger partial charge >= 0.3 is 5.69 Å². The lowest BCUT2D eigenvalue weighted by molar-refractivity contribution is 0.597.